The molecule has 0 fully saturated rings. The van der Waals surface area contributed by atoms with Crippen LogP contribution in [0.25, 0.3) is 0 Å². The fourth-order valence-electron chi connectivity index (χ4n) is 1.17. The highest BCUT2D eigenvalue weighted by Gasteiger charge is 2.14. The summed E-state index contributed by atoms with van der Waals surface area (Å²) in [6, 6.07) is 4.32. The van der Waals surface area contributed by atoms with E-state index in [1.165, 1.54) is 25.3 Å². The zero-order valence-corrected chi connectivity index (χ0v) is 9.69. The Hall–Kier alpha value is -1.71. The van der Waals surface area contributed by atoms with E-state index in [0.717, 1.165) is 0 Å². The minimum absolute atomic E-state index is 0.0615. The van der Waals surface area contributed by atoms with Crippen LogP contribution in [0.4, 0.5) is 0 Å². The van der Waals surface area contributed by atoms with Crippen molar-refractivity contribution in [1.29, 1.82) is 0 Å². The van der Waals surface area contributed by atoms with Crippen molar-refractivity contribution >= 4 is 5.97 Å². The fraction of sp³-hybridized carbons (Fsp3) is 0.417. The lowest BCUT2D eigenvalue weighted by Crippen LogP contribution is -2.09. The lowest BCUT2D eigenvalue weighted by molar-refractivity contribution is 0.0595. The number of hydrogen-bond acceptors (Lipinski definition) is 4. The Kier molecular flexibility index (Phi) is 4.17. The number of rotatable bonds is 4. The van der Waals surface area contributed by atoms with Gasteiger partial charge in [-0.05, 0) is 18.1 Å². The highest BCUT2D eigenvalue weighted by Crippen LogP contribution is 2.25. The maximum Gasteiger partial charge on any atom is 0.341 e. The van der Waals surface area contributed by atoms with Gasteiger partial charge in [-0.1, -0.05) is 13.8 Å². The van der Waals surface area contributed by atoms with E-state index in [4.69, 9.17) is 4.74 Å². The molecule has 1 N–H and O–H groups in total. The molecule has 0 aromatic heterocycles. The van der Waals surface area contributed by atoms with E-state index < -0.39 is 5.97 Å². The summed E-state index contributed by atoms with van der Waals surface area (Å²) in [5.41, 5.74) is 0.320. The largest absolute Gasteiger partial charge is 0.508 e. The molecule has 0 aliphatic heterocycles. The molecule has 0 aliphatic carbocycles. The highest BCUT2D eigenvalue weighted by atomic mass is 16.5. The number of benzene rings is 1. The van der Waals surface area contributed by atoms with Crippen LogP contribution in [0.15, 0.2) is 18.2 Å². The van der Waals surface area contributed by atoms with Crippen LogP contribution in [0.1, 0.15) is 24.2 Å². The predicted molar refractivity (Wildman–Crippen MR) is 59.8 cm³/mol. The molecule has 0 heterocycles. The second-order valence-electron chi connectivity index (χ2n) is 3.88. The number of methoxy groups -OCH3 is 1. The Morgan fingerprint density at radius 1 is 1.44 bits per heavy atom. The van der Waals surface area contributed by atoms with Crippen LogP contribution in [0.5, 0.6) is 11.5 Å². The summed E-state index contributed by atoms with van der Waals surface area (Å²) in [6.07, 6.45) is 0. The van der Waals surface area contributed by atoms with Gasteiger partial charge in [-0.2, -0.15) is 0 Å². The monoisotopic (exact) mass is 224 g/mol. The number of phenols is 1. The lowest BCUT2D eigenvalue weighted by atomic mass is 10.2. The first kappa shape index (κ1) is 12.4. The molecule has 0 saturated heterocycles. The van der Waals surface area contributed by atoms with Crippen molar-refractivity contribution in [1.82, 2.24) is 0 Å². The van der Waals surface area contributed by atoms with Crippen LogP contribution in [-0.2, 0) is 4.74 Å². The van der Waals surface area contributed by atoms with E-state index in [1.807, 2.05) is 13.8 Å². The zero-order chi connectivity index (χ0) is 12.1. The van der Waals surface area contributed by atoms with Gasteiger partial charge >= 0.3 is 5.97 Å². The molecule has 16 heavy (non-hydrogen) atoms. The Balaban J connectivity index is 2.94. The van der Waals surface area contributed by atoms with Gasteiger partial charge in [-0.25, -0.2) is 4.79 Å². The second kappa shape index (κ2) is 5.39. The molecule has 0 saturated carbocycles. The van der Waals surface area contributed by atoms with Crippen LogP contribution in [-0.4, -0.2) is 24.8 Å². The summed E-state index contributed by atoms with van der Waals surface area (Å²) >= 11 is 0. The van der Waals surface area contributed by atoms with Crippen LogP contribution >= 0.6 is 0 Å². The number of ether oxygens (including phenoxy) is 2. The number of phenolic OH excluding ortho intramolecular Hbond substituents is 1. The van der Waals surface area contributed by atoms with Crippen molar-refractivity contribution in [3.05, 3.63) is 23.8 Å². The molecular formula is C12H16O4. The van der Waals surface area contributed by atoms with Crippen molar-refractivity contribution in [2.24, 2.45) is 5.92 Å². The third-order valence-electron chi connectivity index (χ3n) is 1.94. The second-order valence-corrected chi connectivity index (χ2v) is 3.88. The van der Waals surface area contributed by atoms with Crippen LogP contribution in [0.3, 0.4) is 0 Å². The van der Waals surface area contributed by atoms with Gasteiger partial charge in [0.25, 0.3) is 0 Å². The normalized spacial score (nSPS) is 10.2. The number of carbonyl (C=O) groups excluding carboxylic acids is 1. The average molecular weight is 224 g/mol. The van der Waals surface area contributed by atoms with Crippen LogP contribution in [0.2, 0.25) is 0 Å². The Morgan fingerprint density at radius 2 is 2.12 bits per heavy atom. The predicted octanol–water partition coefficient (Wildman–Crippen LogP) is 2.21. The molecule has 1 aromatic rings. The molecule has 4 nitrogen and oxygen atoms in total. The van der Waals surface area contributed by atoms with Crippen LogP contribution in [0, 0.1) is 5.92 Å². The van der Waals surface area contributed by atoms with Gasteiger partial charge in [0.15, 0.2) is 0 Å². The Labute approximate surface area is 94.8 Å². The third-order valence-corrected chi connectivity index (χ3v) is 1.94. The van der Waals surface area contributed by atoms with Gasteiger partial charge in [0, 0.05) is 6.07 Å². The van der Waals surface area contributed by atoms with Crippen molar-refractivity contribution in [2.45, 2.75) is 13.8 Å². The molecule has 0 atom stereocenters. The van der Waals surface area contributed by atoms with E-state index in [-0.39, 0.29) is 5.75 Å². The number of aromatic hydroxyl groups is 1. The van der Waals surface area contributed by atoms with E-state index in [9.17, 15) is 9.90 Å². The van der Waals surface area contributed by atoms with Crippen molar-refractivity contribution in [2.75, 3.05) is 13.7 Å². The van der Waals surface area contributed by atoms with Gasteiger partial charge < -0.3 is 14.6 Å². The molecular weight excluding hydrogens is 208 g/mol. The smallest absolute Gasteiger partial charge is 0.341 e. The number of carbonyl (C=O) groups is 1. The fourth-order valence-corrected chi connectivity index (χ4v) is 1.17. The first-order valence-electron chi connectivity index (χ1n) is 5.08. The van der Waals surface area contributed by atoms with E-state index >= 15 is 0 Å². The minimum Gasteiger partial charge on any atom is -0.508 e. The topological polar surface area (TPSA) is 55.8 Å². The molecule has 0 amide bonds. The molecule has 0 radical (unpaired) electrons. The summed E-state index contributed by atoms with van der Waals surface area (Å²) in [6.45, 7) is 4.48. The van der Waals surface area contributed by atoms with Gasteiger partial charge in [-0.3, -0.25) is 0 Å². The Morgan fingerprint density at radius 3 is 2.69 bits per heavy atom. The van der Waals surface area contributed by atoms with E-state index in [1.54, 1.807) is 0 Å². The first-order chi connectivity index (χ1) is 7.54. The molecule has 0 bridgehead atoms. The Bertz CT molecular complexity index is 371. The lowest BCUT2D eigenvalue weighted by Gasteiger charge is -2.12. The molecule has 1 aromatic carbocycles. The molecule has 0 aliphatic rings. The minimum atomic E-state index is -0.473. The van der Waals surface area contributed by atoms with Crippen LogP contribution < -0.4 is 4.74 Å². The highest BCUT2D eigenvalue weighted by molar-refractivity contribution is 5.92. The summed E-state index contributed by atoms with van der Waals surface area (Å²) < 4.78 is 10.1. The first-order valence-corrected chi connectivity index (χ1v) is 5.08. The summed E-state index contributed by atoms with van der Waals surface area (Å²) in [5.74, 6) is 0.276. The third kappa shape index (κ3) is 3.15. The molecule has 0 spiro atoms. The molecule has 88 valence electrons. The molecule has 4 heteroatoms. The quantitative estimate of drug-likeness (QED) is 0.797. The van der Waals surface area contributed by atoms with E-state index in [0.29, 0.717) is 23.8 Å². The maximum absolute atomic E-state index is 11.4. The van der Waals surface area contributed by atoms with Crippen molar-refractivity contribution in [3.63, 3.8) is 0 Å². The SMILES string of the molecule is COC(=O)c1ccc(O)cc1OCC(C)C. The molecule has 0 unspecified atom stereocenters. The summed E-state index contributed by atoms with van der Waals surface area (Å²) in [5, 5.41) is 9.33. The maximum atomic E-state index is 11.4. The average Bonchev–Trinajstić information content (AvgIpc) is 2.25. The van der Waals surface area contributed by atoms with Crippen molar-refractivity contribution < 1.29 is 19.4 Å². The van der Waals surface area contributed by atoms with Crippen molar-refractivity contribution in [3.8, 4) is 11.5 Å². The standard InChI is InChI=1S/C12H16O4/c1-8(2)7-16-11-6-9(13)4-5-10(11)12(14)15-3/h4-6,8,13H,7H2,1-3H3. The summed E-state index contributed by atoms with van der Waals surface area (Å²) in [7, 11) is 1.31. The van der Waals surface area contributed by atoms with Gasteiger partial charge in [0.05, 0.1) is 13.7 Å². The molecule has 1 rings (SSSR count). The van der Waals surface area contributed by atoms with E-state index in [2.05, 4.69) is 4.74 Å². The van der Waals surface area contributed by atoms with Gasteiger partial charge in [-0.15, -0.1) is 0 Å². The summed E-state index contributed by atoms with van der Waals surface area (Å²) in [4.78, 5) is 11.4. The van der Waals surface area contributed by atoms with Gasteiger partial charge in [0.1, 0.15) is 17.1 Å². The number of hydrogen-bond donors (Lipinski definition) is 1. The van der Waals surface area contributed by atoms with Gasteiger partial charge in [0.2, 0.25) is 0 Å². The number of esters is 1. The zero-order valence-electron chi connectivity index (χ0n) is 9.69.